The fourth-order valence-corrected chi connectivity index (χ4v) is 2.92. The molecule has 130 valence electrons. The smallest absolute Gasteiger partial charge is 0.315 e. The zero-order valence-electron chi connectivity index (χ0n) is 14.0. The van der Waals surface area contributed by atoms with E-state index in [1.807, 2.05) is 35.0 Å². The Morgan fingerprint density at radius 2 is 1.92 bits per heavy atom. The molecule has 7 heteroatoms. The van der Waals surface area contributed by atoms with E-state index in [9.17, 15) is 4.79 Å². The van der Waals surface area contributed by atoms with Crippen LogP contribution in [0.15, 0.2) is 35.0 Å². The molecule has 0 radical (unpaired) electrons. The minimum absolute atomic E-state index is 0.150. The van der Waals surface area contributed by atoms with Gasteiger partial charge in [0.15, 0.2) is 11.5 Å². The highest BCUT2D eigenvalue weighted by atomic mass is 32.1. The van der Waals surface area contributed by atoms with Gasteiger partial charge >= 0.3 is 6.03 Å². The van der Waals surface area contributed by atoms with Gasteiger partial charge in [0.05, 0.1) is 14.2 Å². The standard InChI is InChI=1S/C17H22N2O4S/c1-21-14-5-4-12(8-15(14)22-2)9-18-17(20)19-10-16(23-3)13-6-7-24-11-13/h4-8,11,16H,9-10H2,1-3H3,(H2,18,19,20). The average Bonchev–Trinajstić information content (AvgIpc) is 3.14. The zero-order valence-corrected chi connectivity index (χ0v) is 14.8. The predicted octanol–water partition coefficient (Wildman–Crippen LogP) is 2.95. The number of thiophene rings is 1. The van der Waals surface area contributed by atoms with Gasteiger partial charge in [0.25, 0.3) is 0 Å². The second-order valence-corrected chi connectivity index (χ2v) is 5.81. The molecule has 1 aromatic carbocycles. The van der Waals surface area contributed by atoms with Gasteiger partial charge in [0, 0.05) is 20.2 Å². The number of methoxy groups -OCH3 is 3. The number of benzene rings is 1. The Morgan fingerprint density at radius 3 is 2.54 bits per heavy atom. The van der Waals surface area contributed by atoms with E-state index >= 15 is 0 Å². The summed E-state index contributed by atoms with van der Waals surface area (Å²) >= 11 is 1.60. The highest BCUT2D eigenvalue weighted by molar-refractivity contribution is 7.07. The number of ether oxygens (including phenoxy) is 3. The van der Waals surface area contributed by atoms with Crippen LogP contribution in [0.4, 0.5) is 4.79 Å². The average molecular weight is 350 g/mol. The predicted molar refractivity (Wildman–Crippen MR) is 93.9 cm³/mol. The number of hydrogen-bond acceptors (Lipinski definition) is 5. The minimum atomic E-state index is -0.248. The topological polar surface area (TPSA) is 68.8 Å². The fraction of sp³-hybridized carbons (Fsp3) is 0.353. The molecule has 0 aliphatic carbocycles. The van der Waals surface area contributed by atoms with Crippen LogP contribution in [-0.4, -0.2) is 33.9 Å². The first-order valence-corrected chi connectivity index (χ1v) is 8.39. The molecule has 0 saturated carbocycles. The molecule has 24 heavy (non-hydrogen) atoms. The van der Waals surface area contributed by atoms with Crippen LogP contribution in [0.2, 0.25) is 0 Å². The van der Waals surface area contributed by atoms with Crippen molar-refractivity contribution >= 4 is 17.4 Å². The lowest BCUT2D eigenvalue weighted by Gasteiger charge is -2.15. The van der Waals surface area contributed by atoms with Crippen LogP contribution in [-0.2, 0) is 11.3 Å². The van der Waals surface area contributed by atoms with Crippen molar-refractivity contribution in [1.29, 1.82) is 0 Å². The molecule has 2 N–H and O–H groups in total. The summed E-state index contributed by atoms with van der Waals surface area (Å²) in [5, 5.41) is 9.63. The molecule has 2 rings (SSSR count). The Bertz CT molecular complexity index is 646. The zero-order chi connectivity index (χ0) is 17.4. The second kappa shape index (κ2) is 9.14. The molecular weight excluding hydrogens is 328 g/mol. The summed E-state index contributed by atoms with van der Waals surface area (Å²) in [6.45, 7) is 0.799. The van der Waals surface area contributed by atoms with Gasteiger partial charge in [-0.15, -0.1) is 0 Å². The molecule has 2 amide bonds. The van der Waals surface area contributed by atoms with E-state index in [2.05, 4.69) is 10.6 Å². The largest absolute Gasteiger partial charge is 0.493 e. The van der Waals surface area contributed by atoms with E-state index < -0.39 is 0 Å². The van der Waals surface area contributed by atoms with E-state index in [4.69, 9.17) is 14.2 Å². The molecule has 0 aliphatic heterocycles. The lowest BCUT2D eigenvalue weighted by Crippen LogP contribution is -2.37. The molecule has 0 fully saturated rings. The minimum Gasteiger partial charge on any atom is -0.493 e. The van der Waals surface area contributed by atoms with Crippen molar-refractivity contribution in [1.82, 2.24) is 10.6 Å². The first-order chi connectivity index (χ1) is 11.7. The number of rotatable bonds is 8. The lowest BCUT2D eigenvalue weighted by atomic mass is 10.2. The van der Waals surface area contributed by atoms with E-state index in [0.717, 1.165) is 11.1 Å². The van der Waals surface area contributed by atoms with Crippen LogP contribution in [0.5, 0.6) is 11.5 Å². The van der Waals surface area contributed by atoms with E-state index in [-0.39, 0.29) is 12.1 Å². The summed E-state index contributed by atoms with van der Waals surface area (Å²) in [5.74, 6) is 1.29. The summed E-state index contributed by atoms with van der Waals surface area (Å²) in [6.07, 6.45) is -0.150. The van der Waals surface area contributed by atoms with Crippen molar-refractivity contribution in [3.05, 3.63) is 46.2 Å². The van der Waals surface area contributed by atoms with E-state index in [0.29, 0.717) is 24.6 Å². The molecule has 0 spiro atoms. The number of amides is 2. The summed E-state index contributed by atoms with van der Waals surface area (Å²) in [4.78, 5) is 12.0. The molecule has 1 unspecified atom stereocenters. The van der Waals surface area contributed by atoms with Gasteiger partial charge in [-0.2, -0.15) is 11.3 Å². The fourth-order valence-electron chi connectivity index (χ4n) is 2.22. The highest BCUT2D eigenvalue weighted by Gasteiger charge is 2.12. The van der Waals surface area contributed by atoms with Crippen LogP contribution in [0.25, 0.3) is 0 Å². The highest BCUT2D eigenvalue weighted by Crippen LogP contribution is 2.27. The maximum absolute atomic E-state index is 12.0. The first kappa shape index (κ1) is 18.1. The van der Waals surface area contributed by atoms with Crippen molar-refractivity contribution < 1.29 is 19.0 Å². The normalized spacial score (nSPS) is 11.6. The third-order valence-corrected chi connectivity index (χ3v) is 4.25. The van der Waals surface area contributed by atoms with Crippen LogP contribution < -0.4 is 20.1 Å². The van der Waals surface area contributed by atoms with Crippen molar-refractivity contribution in [2.45, 2.75) is 12.6 Å². The monoisotopic (exact) mass is 350 g/mol. The quantitative estimate of drug-likeness (QED) is 0.768. The third kappa shape index (κ3) is 4.87. The third-order valence-electron chi connectivity index (χ3n) is 3.55. The SMILES string of the molecule is COc1ccc(CNC(=O)NCC(OC)c2ccsc2)cc1OC. The van der Waals surface area contributed by atoms with Crippen LogP contribution in [0, 0.1) is 0 Å². The molecule has 6 nitrogen and oxygen atoms in total. The lowest BCUT2D eigenvalue weighted by molar-refractivity contribution is 0.104. The van der Waals surface area contributed by atoms with E-state index in [1.165, 1.54) is 0 Å². The van der Waals surface area contributed by atoms with Crippen molar-refractivity contribution in [2.75, 3.05) is 27.9 Å². The summed E-state index contributed by atoms with van der Waals surface area (Å²) in [6, 6.07) is 7.27. The number of urea groups is 1. The van der Waals surface area contributed by atoms with Gasteiger partial charge in [-0.25, -0.2) is 4.79 Å². The van der Waals surface area contributed by atoms with Gasteiger partial charge in [-0.05, 0) is 40.1 Å². The van der Waals surface area contributed by atoms with Crippen molar-refractivity contribution in [3.8, 4) is 11.5 Å². The molecular formula is C17H22N2O4S. The number of hydrogen-bond donors (Lipinski definition) is 2. The number of nitrogens with one attached hydrogen (secondary N) is 2. The van der Waals surface area contributed by atoms with Crippen LogP contribution >= 0.6 is 11.3 Å². The maximum atomic E-state index is 12.0. The van der Waals surface area contributed by atoms with Gasteiger partial charge in [-0.3, -0.25) is 0 Å². The van der Waals surface area contributed by atoms with Crippen molar-refractivity contribution in [2.24, 2.45) is 0 Å². The Hall–Kier alpha value is -2.25. The summed E-state index contributed by atoms with van der Waals surface area (Å²) in [5.41, 5.74) is 1.98. The second-order valence-electron chi connectivity index (χ2n) is 5.03. The number of carbonyl (C=O) groups excluding carboxylic acids is 1. The Morgan fingerprint density at radius 1 is 1.12 bits per heavy atom. The molecule has 1 heterocycles. The van der Waals surface area contributed by atoms with Crippen LogP contribution in [0.1, 0.15) is 17.2 Å². The molecule has 0 saturated heterocycles. The van der Waals surface area contributed by atoms with Crippen molar-refractivity contribution in [3.63, 3.8) is 0 Å². The molecule has 0 aliphatic rings. The molecule has 1 aromatic heterocycles. The Labute approximate surface area is 145 Å². The van der Waals surface area contributed by atoms with Gasteiger partial charge in [0.2, 0.25) is 0 Å². The summed E-state index contributed by atoms with van der Waals surface area (Å²) < 4.78 is 15.8. The number of carbonyl (C=O) groups is 1. The molecule has 2 aromatic rings. The Kier molecular flexibility index (Phi) is 6.89. The van der Waals surface area contributed by atoms with E-state index in [1.54, 1.807) is 32.7 Å². The Balaban J connectivity index is 1.82. The van der Waals surface area contributed by atoms with Gasteiger partial charge in [-0.1, -0.05) is 6.07 Å². The molecule has 0 bridgehead atoms. The summed E-state index contributed by atoms with van der Waals surface area (Å²) in [7, 11) is 4.80. The molecule has 1 atom stereocenters. The van der Waals surface area contributed by atoms with Crippen LogP contribution in [0.3, 0.4) is 0 Å². The maximum Gasteiger partial charge on any atom is 0.315 e. The van der Waals surface area contributed by atoms with Gasteiger partial charge in [0.1, 0.15) is 6.10 Å². The first-order valence-electron chi connectivity index (χ1n) is 7.45. The van der Waals surface area contributed by atoms with Gasteiger partial charge < -0.3 is 24.8 Å².